The highest BCUT2D eigenvalue weighted by Gasteiger charge is 2.21. The minimum Gasteiger partial charge on any atom is -0.454 e. The molecule has 0 radical (unpaired) electrons. The van der Waals surface area contributed by atoms with E-state index in [-0.39, 0.29) is 0 Å². The molecule has 0 unspecified atom stereocenters. The first-order chi connectivity index (χ1) is 12.8. The van der Waals surface area contributed by atoms with Crippen LogP contribution in [0.3, 0.4) is 0 Å². The van der Waals surface area contributed by atoms with E-state index in [1.807, 2.05) is 12.3 Å². The van der Waals surface area contributed by atoms with Crippen LogP contribution in [-0.4, -0.2) is 27.8 Å². The van der Waals surface area contributed by atoms with Crippen molar-refractivity contribution in [3.63, 3.8) is 0 Å². The Morgan fingerprint density at radius 2 is 1.96 bits per heavy atom. The summed E-state index contributed by atoms with van der Waals surface area (Å²) in [5.74, 6) is 2.82. The van der Waals surface area contributed by atoms with Crippen molar-refractivity contribution in [1.82, 2.24) is 14.5 Å². The second-order valence-corrected chi connectivity index (χ2v) is 6.98. The van der Waals surface area contributed by atoms with Crippen LogP contribution in [0.4, 0.5) is 0 Å². The number of aryl methyl sites for hydroxylation is 1. The normalized spacial score (nSPS) is 15.9. The van der Waals surface area contributed by atoms with E-state index in [0.717, 1.165) is 43.5 Å². The number of fused-ring (bicyclic) bond motifs is 2. The summed E-state index contributed by atoms with van der Waals surface area (Å²) in [6, 6.07) is 14.8. The minimum atomic E-state index is 0.321. The third-order valence-corrected chi connectivity index (χ3v) is 5.10. The molecule has 132 valence electrons. The van der Waals surface area contributed by atoms with Crippen molar-refractivity contribution < 1.29 is 9.47 Å². The van der Waals surface area contributed by atoms with Crippen molar-refractivity contribution in [2.75, 3.05) is 13.3 Å². The van der Waals surface area contributed by atoms with Gasteiger partial charge in [0.05, 0.1) is 18.4 Å². The van der Waals surface area contributed by atoms with Gasteiger partial charge in [-0.3, -0.25) is 4.90 Å². The first kappa shape index (κ1) is 15.5. The molecule has 0 saturated heterocycles. The van der Waals surface area contributed by atoms with Crippen LogP contribution in [0.1, 0.15) is 17.0 Å². The molecule has 2 aliphatic heterocycles. The molecule has 0 spiro atoms. The standard InChI is InChI=1S/C21H21N3O2/c1-15-3-2-4-17(9-15)18-11-22-21-13-23(7-8-24(18)21)12-16-5-6-19-20(10-16)26-14-25-19/h2-6,9-11H,7-8,12-14H2,1H3. The van der Waals surface area contributed by atoms with Crippen LogP contribution < -0.4 is 9.47 Å². The summed E-state index contributed by atoms with van der Waals surface area (Å²) < 4.78 is 13.2. The van der Waals surface area contributed by atoms with Crippen LogP contribution in [-0.2, 0) is 19.6 Å². The molecule has 2 aromatic carbocycles. The molecule has 2 aliphatic rings. The second kappa shape index (κ2) is 6.18. The number of nitrogens with zero attached hydrogens (tertiary/aromatic N) is 3. The maximum absolute atomic E-state index is 5.49. The molecule has 3 heterocycles. The van der Waals surface area contributed by atoms with Gasteiger partial charge in [-0.05, 0) is 30.7 Å². The van der Waals surface area contributed by atoms with E-state index in [1.54, 1.807) is 0 Å². The van der Waals surface area contributed by atoms with Gasteiger partial charge in [0, 0.05) is 25.2 Å². The highest BCUT2D eigenvalue weighted by Crippen LogP contribution is 2.33. The lowest BCUT2D eigenvalue weighted by atomic mass is 10.1. The predicted molar refractivity (Wildman–Crippen MR) is 99.1 cm³/mol. The zero-order chi connectivity index (χ0) is 17.5. The second-order valence-electron chi connectivity index (χ2n) is 6.98. The number of benzene rings is 2. The molecule has 0 N–H and O–H groups in total. The molecule has 0 bridgehead atoms. The lowest BCUT2D eigenvalue weighted by molar-refractivity contribution is 0.173. The van der Waals surface area contributed by atoms with E-state index in [9.17, 15) is 0 Å². The Morgan fingerprint density at radius 3 is 2.88 bits per heavy atom. The average molecular weight is 347 g/mol. The number of hydrogen-bond acceptors (Lipinski definition) is 4. The Bertz CT molecular complexity index is 964. The van der Waals surface area contributed by atoms with Crippen LogP contribution in [0.5, 0.6) is 11.5 Å². The first-order valence-electron chi connectivity index (χ1n) is 8.98. The van der Waals surface area contributed by atoms with E-state index in [1.165, 1.54) is 22.4 Å². The quantitative estimate of drug-likeness (QED) is 0.726. The Labute approximate surface area is 152 Å². The van der Waals surface area contributed by atoms with Gasteiger partial charge in [0.15, 0.2) is 11.5 Å². The highest BCUT2D eigenvalue weighted by molar-refractivity contribution is 5.60. The molecular formula is C21H21N3O2. The van der Waals surface area contributed by atoms with Crippen molar-refractivity contribution in [3.05, 3.63) is 65.6 Å². The molecule has 0 aliphatic carbocycles. The molecule has 3 aromatic rings. The van der Waals surface area contributed by atoms with Gasteiger partial charge in [0.1, 0.15) is 5.82 Å². The molecule has 26 heavy (non-hydrogen) atoms. The Hall–Kier alpha value is -2.79. The SMILES string of the molecule is Cc1cccc(-c2cnc3n2CCN(Cc2ccc4c(c2)OCO4)C3)c1. The fourth-order valence-electron chi connectivity index (χ4n) is 3.78. The van der Waals surface area contributed by atoms with Crippen LogP contribution in [0.2, 0.25) is 0 Å². The first-order valence-corrected chi connectivity index (χ1v) is 8.98. The third kappa shape index (κ3) is 2.74. The number of hydrogen-bond donors (Lipinski definition) is 0. The van der Waals surface area contributed by atoms with E-state index in [4.69, 9.17) is 9.47 Å². The Morgan fingerprint density at radius 1 is 1.04 bits per heavy atom. The molecule has 5 heteroatoms. The van der Waals surface area contributed by atoms with Crippen LogP contribution in [0.25, 0.3) is 11.3 Å². The lowest BCUT2D eigenvalue weighted by Gasteiger charge is -2.28. The van der Waals surface area contributed by atoms with Crippen molar-refractivity contribution in [2.45, 2.75) is 26.6 Å². The summed E-state index contributed by atoms with van der Waals surface area (Å²) in [5, 5.41) is 0. The van der Waals surface area contributed by atoms with Crippen molar-refractivity contribution in [2.24, 2.45) is 0 Å². The largest absolute Gasteiger partial charge is 0.454 e. The molecular weight excluding hydrogens is 326 g/mol. The third-order valence-electron chi connectivity index (χ3n) is 5.10. The van der Waals surface area contributed by atoms with E-state index in [0.29, 0.717) is 6.79 Å². The molecule has 0 saturated carbocycles. The topological polar surface area (TPSA) is 39.5 Å². The zero-order valence-corrected chi connectivity index (χ0v) is 14.8. The molecule has 0 amide bonds. The van der Waals surface area contributed by atoms with Gasteiger partial charge in [-0.2, -0.15) is 0 Å². The Kier molecular flexibility index (Phi) is 3.68. The smallest absolute Gasteiger partial charge is 0.231 e. The summed E-state index contributed by atoms with van der Waals surface area (Å²) in [6.07, 6.45) is 2.01. The lowest BCUT2D eigenvalue weighted by Crippen LogP contribution is -2.33. The van der Waals surface area contributed by atoms with Crippen molar-refractivity contribution in [3.8, 4) is 22.8 Å². The van der Waals surface area contributed by atoms with Gasteiger partial charge in [-0.1, -0.05) is 29.8 Å². The van der Waals surface area contributed by atoms with Gasteiger partial charge >= 0.3 is 0 Å². The zero-order valence-electron chi connectivity index (χ0n) is 14.8. The van der Waals surface area contributed by atoms with Crippen molar-refractivity contribution >= 4 is 0 Å². The number of imidazole rings is 1. The van der Waals surface area contributed by atoms with E-state index in [2.05, 4.69) is 57.8 Å². The van der Waals surface area contributed by atoms with Gasteiger partial charge in [-0.15, -0.1) is 0 Å². The van der Waals surface area contributed by atoms with Crippen LogP contribution in [0, 0.1) is 6.92 Å². The highest BCUT2D eigenvalue weighted by atomic mass is 16.7. The van der Waals surface area contributed by atoms with E-state index < -0.39 is 0 Å². The summed E-state index contributed by atoms with van der Waals surface area (Å²) in [7, 11) is 0. The fraction of sp³-hybridized carbons (Fsp3) is 0.286. The molecule has 0 fully saturated rings. The van der Waals surface area contributed by atoms with Crippen LogP contribution >= 0.6 is 0 Å². The molecule has 5 nitrogen and oxygen atoms in total. The van der Waals surface area contributed by atoms with Gasteiger partial charge in [0.25, 0.3) is 0 Å². The Balaban J connectivity index is 1.35. The summed E-state index contributed by atoms with van der Waals surface area (Å²) in [5.41, 5.74) is 4.98. The molecule has 5 rings (SSSR count). The fourth-order valence-corrected chi connectivity index (χ4v) is 3.78. The summed E-state index contributed by atoms with van der Waals surface area (Å²) in [6.45, 7) is 6.18. The maximum atomic E-state index is 5.49. The minimum absolute atomic E-state index is 0.321. The predicted octanol–water partition coefficient (Wildman–Crippen LogP) is 3.60. The number of aromatic nitrogens is 2. The summed E-state index contributed by atoms with van der Waals surface area (Å²) >= 11 is 0. The molecule has 0 atom stereocenters. The van der Waals surface area contributed by atoms with Gasteiger partial charge < -0.3 is 14.0 Å². The molecule has 1 aromatic heterocycles. The van der Waals surface area contributed by atoms with Crippen LogP contribution in [0.15, 0.2) is 48.7 Å². The van der Waals surface area contributed by atoms with Crippen molar-refractivity contribution in [1.29, 1.82) is 0 Å². The monoisotopic (exact) mass is 347 g/mol. The number of ether oxygens (including phenoxy) is 2. The average Bonchev–Trinajstić information content (AvgIpc) is 3.27. The van der Waals surface area contributed by atoms with Gasteiger partial charge in [-0.25, -0.2) is 4.98 Å². The van der Waals surface area contributed by atoms with E-state index >= 15 is 0 Å². The number of rotatable bonds is 3. The van der Waals surface area contributed by atoms with Gasteiger partial charge in [0.2, 0.25) is 6.79 Å². The maximum Gasteiger partial charge on any atom is 0.231 e. The summed E-state index contributed by atoms with van der Waals surface area (Å²) in [4.78, 5) is 7.12.